The van der Waals surface area contributed by atoms with Gasteiger partial charge in [-0.1, -0.05) is 0 Å². The van der Waals surface area contributed by atoms with E-state index in [1.807, 2.05) is 0 Å². The fraction of sp³-hybridized carbons (Fsp3) is 0.400. The number of hydrogen-bond donors (Lipinski definition) is 0. The Labute approximate surface area is 114 Å². The van der Waals surface area contributed by atoms with Crippen molar-refractivity contribution < 1.29 is 36.2 Å². The summed E-state index contributed by atoms with van der Waals surface area (Å²) in [6, 6.07) is 0. The second-order valence-corrected chi connectivity index (χ2v) is 3.60. The van der Waals surface area contributed by atoms with E-state index in [2.05, 4.69) is 14.5 Å². The van der Waals surface area contributed by atoms with Crippen LogP contribution in [0.15, 0.2) is 6.20 Å². The number of carbonyl (C=O) groups excluding carboxylic acids is 1. The van der Waals surface area contributed by atoms with Crippen molar-refractivity contribution >= 4 is 17.6 Å². The molecule has 0 aliphatic heterocycles. The lowest BCUT2D eigenvalue weighted by atomic mass is 10.1. The zero-order valence-electron chi connectivity index (χ0n) is 9.80. The molecule has 0 atom stereocenters. The van der Waals surface area contributed by atoms with Crippen LogP contribution in [0.2, 0.25) is 0 Å². The summed E-state index contributed by atoms with van der Waals surface area (Å²) in [5.74, 6) is -3.15. The zero-order valence-corrected chi connectivity index (χ0v) is 10.6. The Kier molecular flexibility index (Phi) is 5.09. The van der Waals surface area contributed by atoms with Crippen LogP contribution < -0.4 is 4.74 Å². The highest BCUT2D eigenvalue weighted by Crippen LogP contribution is 2.38. The van der Waals surface area contributed by atoms with E-state index in [0.717, 1.165) is 7.11 Å². The van der Waals surface area contributed by atoms with Gasteiger partial charge in [-0.05, 0) is 0 Å². The van der Waals surface area contributed by atoms with Crippen molar-refractivity contribution in [3.05, 3.63) is 23.0 Å². The number of hydrogen-bond acceptors (Lipinski definition) is 4. The molecule has 0 aliphatic carbocycles. The van der Waals surface area contributed by atoms with Crippen LogP contribution in [-0.2, 0) is 10.6 Å². The van der Waals surface area contributed by atoms with Crippen LogP contribution in [0.1, 0.15) is 28.0 Å². The van der Waals surface area contributed by atoms with Crippen LogP contribution in [0.25, 0.3) is 0 Å². The highest BCUT2D eigenvalue weighted by molar-refractivity contribution is 6.17. The van der Waals surface area contributed by atoms with Gasteiger partial charge in [0, 0.05) is 6.20 Å². The maximum absolute atomic E-state index is 13.0. The molecule has 0 saturated heterocycles. The summed E-state index contributed by atoms with van der Waals surface area (Å²) in [6.07, 6.45) is -7.98. The smallest absolute Gasteiger partial charge is 0.465 e. The van der Waals surface area contributed by atoms with Gasteiger partial charge in [0.15, 0.2) is 5.75 Å². The van der Waals surface area contributed by atoms with Crippen molar-refractivity contribution in [2.75, 3.05) is 7.11 Å². The molecule has 1 aromatic heterocycles. The summed E-state index contributed by atoms with van der Waals surface area (Å²) < 4.78 is 70.4. The molecule has 10 heteroatoms. The zero-order chi connectivity index (χ0) is 15.5. The first kappa shape index (κ1) is 16.4. The molecule has 1 rings (SSSR count). The van der Waals surface area contributed by atoms with Gasteiger partial charge in [0.05, 0.1) is 29.8 Å². The normalized spacial score (nSPS) is 11.6. The van der Waals surface area contributed by atoms with Crippen molar-refractivity contribution in [1.82, 2.24) is 4.98 Å². The molecule has 1 aromatic rings. The number of carbonyl (C=O) groups is 1. The molecule has 0 bridgehead atoms. The van der Waals surface area contributed by atoms with Crippen molar-refractivity contribution in [2.24, 2.45) is 0 Å². The Morgan fingerprint density at radius 1 is 1.45 bits per heavy atom. The Morgan fingerprint density at radius 2 is 2.05 bits per heavy atom. The number of aromatic nitrogens is 1. The van der Waals surface area contributed by atoms with Crippen molar-refractivity contribution in [3.8, 4) is 5.75 Å². The van der Waals surface area contributed by atoms with E-state index >= 15 is 0 Å². The van der Waals surface area contributed by atoms with Gasteiger partial charge in [-0.2, -0.15) is 0 Å². The summed E-state index contributed by atoms with van der Waals surface area (Å²) in [6.45, 7) is 0. The molecule has 0 aromatic carbocycles. The Balaban J connectivity index is 3.53. The number of ether oxygens (including phenoxy) is 2. The first-order chi connectivity index (χ1) is 9.21. The number of pyridine rings is 1. The Morgan fingerprint density at radius 3 is 2.45 bits per heavy atom. The topological polar surface area (TPSA) is 48.4 Å². The molecule has 0 fully saturated rings. The number of nitrogens with zero attached hydrogens (tertiary/aromatic N) is 1. The maximum Gasteiger partial charge on any atom is 0.573 e. The maximum atomic E-state index is 13.0. The van der Waals surface area contributed by atoms with Crippen LogP contribution in [0.5, 0.6) is 5.75 Å². The van der Waals surface area contributed by atoms with Gasteiger partial charge >= 0.3 is 12.3 Å². The number of methoxy groups -OCH3 is 1. The van der Waals surface area contributed by atoms with Crippen LogP contribution in [-0.4, -0.2) is 24.4 Å². The lowest BCUT2D eigenvalue weighted by Crippen LogP contribution is -2.21. The van der Waals surface area contributed by atoms with Crippen LogP contribution in [0.3, 0.4) is 0 Å². The first-order valence-corrected chi connectivity index (χ1v) is 5.44. The van der Waals surface area contributed by atoms with E-state index < -0.39 is 47.2 Å². The fourth-order valence-corrected chi connectivity index (χ4v) is 1.55. The van der Waals surface area contributed by atoms with Gasteiger partial charge in [-0.15, -0.1) is 24.8 Å². The number of rotatable bonds is 4. The minimum Gasteiger partial charge on any atom is -0.465 e. The summed E-state index contributed by atoms with van der Waals surface area (Å²) in [4.78, 5) is 14.7. The average molecular weight is 320 g/mol. The minimum absolute atomic E-state index is 0.563. The van der Waals surface area contributed by atoms with E-state index in [9.17, 15) is 26.7 Å². The standard InChI is InChI=1S/C10H7ClF5NO3/c1-19-9(18)4-3-17-5(2-11)7(6(4)8(12)13)20-10(14,15)16/h3,8H,2H2,1H3. The third-order valence-corrected chi connectivity index (χ3v) is 2.37. The van der Waals surface area contributed by atoms with Crippen molar-refractivity contribution in [1.29, 1.82) is 0 Å². The third kappa shape index (κ3) is 3.69. The molecular weight excluding hydrogens is 313 g/mol. The molecule has 0 amide bonds. The SMILES string of the molecule is COC(=O)c1cnc(CCl)c(OC(F)(F)F)c1C(F)F. The van der Waals surface area contributed by atoms with Crippen molar-refractivity contribution in [3.63, 3.8) is 0 Å². The highest BCUT2D eigenvalue weighted by Gasteiger charge is 2.37. The molecule has 20 heavy (non-hydrogen) atoms. The molecule has 4 nitrogen and oxygen atoms in total. The Hall–Kier alpha value is -1.64. The minimum atomic E-state index is -5.24. The Bertz CT molecular complexity index is 506. The molecule has 112 valence electrons. The van der Waals surface area contributed by atoms with Crippen molar-refractivity contribution in [2.45, 2.75) is 18.7 Å². The molecule has 0 spiro atoms. The predicted octanol–water partition coefficient (Wildman–Crippen LogP) is 3.44. The first-order valence-electron chi connectivity index (χ1n) is 4.91. The number of alkyl halides is 6. The summed E-state index contributed by atoms with van der Waals surface area (Å²) in [7, 11) is 0.886. The van der Waals surface area contributed by atoms with Gasteiger partial charge in [-0.3, -0.25) is 4.98 Å². The van der Waals surface area contributed by atoms with E-state index in [4.69, 9.17) is 11.6 Å². The number of esters is 1. The molecule has 1 heterocycles. The second-order valence-electron chi connectivity index (χ2n) is 3.34. The molecule has 0 radical (unpaired) electrons. The van der Waals surface area contributed by atoms with E-state index in [0.29, 0.717) is 6.20 Å². The lowest BCUT2D eigenvalue weighted by molar-refractivity contribution is -0.275. The van der Waals surface area contributed by atoms with Crippen LogP contribution >= 0.6 is 11.6 Å². The monoisotopic (exact) mass is 319 g/mol. The average Bonchev–Trinajstić information content (AvgIpc) is 2.35. The van der Waals surface area contributed by atoms with Gasteiger partial charge in [-0.25, -0.2) is 13.6 Å². The van der Waals surface area contributed by atoms with Crippen LogP contribution in [0, 0.1) is 0 Å². The predicted molar refractivity (Wildman–Crippen MR) is 56.8 cm³/mol. The molecule has 0 saturated carbocycles. The van der Waals surface area contributed by atoms with Gasteiger partial charge in [0.1, 0.15) is 0 Å². The highest BCUT2D eigenvalue weighted by atomic mass is 35.5. The summed E-state index contributed by atoms with van der Waals surface area (Å²) in [5.41, 5.74) is -2.65. The van der Waals surface area contributed by atoms with E-state index in [1.165, 1.54) is 0 Å². The summed E-state index contributed by atoms with van der Waals surface area (Å²) in [5, 5.41) is 0. The molecule has 0 aliphatic rings. The van der Waals surface area contributed by atoms with Gasteiger partial charge in [0.2, 0.25) is 0 Å². The van der Waals surface area contributed by atoms with E-state index in [-0.39, 0.29) is 0 Å². The largest absolute Gasteiger partial charge is 0.573 e. The van der Waals surface area contributed by atoms with Gasteiger partial charge < -0.3 is 9.47 Å². The van der Waals surface area contributed by atoms with Crippen LogP contribution in [0.4, 0.5) is 22.0 Å². The second kappa shape index (κ2) is 6.21. The number of halogens is 6. The molecular formula is C10H7ClF5NO3. The third-order valence-electron chi connectivity index (χ3n) is 2.11. The molecule has 0 N–H and O–H groups in total. The lowest BCUT2D eigenvalue weighted by Gasteiger charge is -2.17. The summed E-state index contributed by atoms with van der Waals surface area (Å²) >= 11 is 5.33. The van der Waals surface area contributed by atoms with Gasteiger partial charge in [0.25, 0.3) is 6.43 Å². The van der Waals surface area contributed by atoms with E-state index in [1.54, 1.807) is 0 Å². The quantitative estimate of drug-likeness (QED) is 0.484. The fourth-order valence-electron chi connectivity index (χ4n) is 1.36. The molecule has 0 unspecified atom stereocenters.